The van der Waals surface area contributed by atoms with E-state index < -0.39 is 10.0 Å². The van der Waals surface area contributed by atoms with Crippen LogP contribution in [0.2, 0.25) is 0 Å². The molecule has 0 radical (unpaired) electrons. The van der Waals surface area contributed by atoms with Crippen molar-refractivity contribution in [2.24, 2.45) is 15.5 Å². The minimum absolute atomic E-state index is 0. The largest absolute Gasteiger partial charge is 0.357 e. The van der Waals surface area contributed by atoms with Gasteiger partial charge in [0.05, 0.1) is 11.4 Å². The second-order valence-corrected chi connectivity index (χ2v) is 9.01. The fourth-order valence-electron chi connectivity index (χ4n) is 3.72. The Morgan fingerprint density at radius 1 is 1.37 bits per heavy atom. The Hall–Kier alpha value is -0.870. The molecule has 3 N–H and O–H groups in total. The zero-order chi connectivity index (χ0) is 19.2. The molecule has 1 aromatic rings. The Bertz CT molecular complexity index is 735. The predicted molar refractivity (Wildman–Crippen MR) is 122 cm³/mol. The lowest BCUT2D eigenvalue weighted by molar-refractivity contribution is 0.142. The molecule has 0 saturated carbocycles. The van der Waals surface area contributed by atoms with Crippen LogP contribution in [0.3, 0.4) is 0 Å². The van der Waals surface area contributed by atoms with Gasteiger partial charge < -0.3 is 10.2 Å². The molecule has 1 atom stereocenters. The molecule has 1 aromatic carbocycles. The standard InChI is InChI=1S/C19H32N4O2S.HI/c1-4-10-19(3)11-7-12-23(15-19)18(21-5-2)22-14-16-8-6-9-17(13-16)26(20,24)25;/h6,8-9,13H,4-5,7,10-12,14-15H2,1-3H3,(H,21,22)(H2,20,24,25);1H. The van der Waals surface area contributed by atoms with E-state index in [1.165, 1.54) is 31.7 Å². The van der Waals surface area contributed by atoms with Gasteiger partial charge in [0.25, 0.3) is 0 Å². The maximum Gasteiger partial charge on any atom is 0.238 e. The summed E-state index contributed by atoms with van der Waals surface area (Å²) in [5, 5.41) is 8.60. The molecule has 1 fully saturated rings. The Morgan fingerprint density at radius 2 is 2.11 bits per heavy atom. The fraction of sp³-hybridized carbons (Fsp3) is 0.632. The number of guanidine groups is 1. The third-order valence-corrected chi connectivity index (χ3v) is 5.82. The lowest BCUT2D eigenvalue weighted by Crippen LogP contribution is -2.49. The first-order valence-corrected chi connectivity index (χ1v) is 11.0. The average molecular weight is 508 g/mol. The minimum atomic E-state index is -3.69. The van der Waals surface area contributed by atoms with Gasteiger partial charge in [0, 0.05) is 19.6 Å². The smallest absolute Gasteiger partial charge is 0.238 e. The third-order valence-electron chi connectivity index (χ3n) is 4.91. The second kappa shape index (κ2) is 10.6. The van der Waals surface area contributed by atoms with Crippen LogP contribution >= 0.6 is 24.0 Å². The first-order valence-electron chi connectivity index (χ1n) is 9.42. The number of nitrogens with zero attached hydrogens (tertiary/aromatic N) is 2. The number of primary sulfonamides is 1. The summed E-state index contributed by atoms with van der Waals surface area (Å²) in [5.74, 6) is 0.899. The normalized spacial score (nSPS) is 20.9. The molecule has 2 rings (SSSR count). The summed E-state index contributed by atoms with van der Waals surface area (Å²) in [6, 6.07) is 6.68. The van der Waals surface area contributed by atoms with Gasteiger partial charge in [-0.15, -0.1) is 24.0 Å². The number of likely N-dealkylation sites (tertiary alicyclic amines) is 1. The van der Waals surface area contributed by atoms with Gasteiger partial charge in [0.1, 0.15) is 0 Å². The number of rotatable bonds is 6. The molecule has 8 heteroatoms. The second-order valence-electron chi connectivity index (χ2n) is 7.45. The Labute approximate surface area is 181 Å². The molecular weight excluding hydrogens is 475 g/mol. The Balaban J connectivity index is 0.00000364. The molecule has 1 aliphatic rings. The van der Waals surface area contributed by atoms with Crippen molar-refractivity contribution in [3.8, 4) is 0 Å². The zero-order valence-corrected chi connectivity index (χ0v) is 19.7. The quantitative estimate of drug-likeness (QED) is 0.351. The van der Waals surface area contributed by atoms with Crippen molar-refractivity contribution in [2.75, 3.05) is 19.6 Å². The van der Waals surface area contributed by atoms with E-state index in [2.05, 4.69) is 31.0 Å². The van der Waals surface area contributed by atoms with Crippen LogP contribution in [0.15, 0.2) is 34.2 Å². The summed E-state index contributed by atoms with van der Waals surface area (Å²) < 4.78 is 23.1. The number of nitrogens with one attached hydrogen (secondary N) is 1. The van der Waals surface area contributed by atoms with E-state index in [0.29, 0.717) is 12.0 Å². The van der Waals surface area contributed by atoms with Gasteiger partial charge in [-0.05, 0) is 49.3 Å². The fourth-order valence-corrected chi connectivity index (χ4v) is 4.30. The molecule has 0 bridgehead atoms. The number of hydrogen-bond acceptors (Lipinski definition) is 3. The third kappa shape index (κ3) is 7.23. The van der Waals surface area contributed by atoms with Crippen LogP contribution < -0.4 is 10.5 Å². The SMILES string of the molecule is CCCC1(C)CCCN(C(=NCc2cccc(S(N)(=O)=O)c2)NCC)C1.I. The molecule has 27 heavy (non-hydrogen) atoms. The molecule has 0 aliphatic carbocycles. The lowest BCUT2D eigenvalue weighted by atomic mass is 9.78. The van der Waals surface area contributed by atoms with E-state index >= 15 is 0 Å². The molecular formula is C19H33IN4O2S. The van der Waals surface area contributed by atoms with Crippen molar-refractivity contribution in [3.63, 3.8) is 0 Å². The highest BCUT2D eigenvalue weighted by atomic mass is 127. The number of nitrogens with two attached hydrogens (primary N) is 1. The topological polar surface area (TPSA) is 87.8 Å². The van der Waals surface area contributed by atoms with Gasteiger partial charge >= 0.3 is 0 Å². The van der Waals surface area contributed by atoms with E-state index in [1.807, 2.05) is 6.07 Å². The summed E-state index contributed by atoms with van der Waals surface area (Å²) in [6.45, 7) is 9.89. The molecule has 0 amide bonds. The van der Waals surface area contributed by atoms with E-state index in [0.717, 1.165) is 31.2 Å². The van der Waals surface area contributed by atoms with E-state index in [1.54, 1.807) is 12.1 Å². The summed E-state index contributed by atoms with van der Waals surface area (Å²) in [5.41, 5.74) is 1.16. The Kier molecular flexibility index (Phi) is 9.50. The van der Waals surface area contributed by atoms with Crippen molar-refractivity contribution < 1.29 is 8.42 Å². The molecule has 1 heterocycles. The number of benzene rings is 1. The van der Waals surface area contributed by atoms with E-state index in [-0.39, 0.29) is 28.9 Å². The summed E-state index contributed by atoms with van der Waals surface area (Å²) >= 11 is 0. The van der Waals surface area contributed by atoms with Crippen LogP contribution in [0, 0.1) is 5.41 Å². The van der Waals surface area contributed by atoms with Crippen LogP contribution in [-0.4, -0.2) is 38.9 Å². The van der Waals surface area contributed by atoms with Crippen LogP contribution in [-0.2, 0) is 16.6 Å². The molecule has 0 spiro atoms. The van der Waals surface area contributed by atoms with Crippen molar-refractivity contribution in [2.45, 2.75) is 57.9 Å². The van der Waals surface area contributed by atoms with Gasteiger partial charge in [0.15, 0.2) is 5.96 Å². The van der Waals surface area contributed by atoms with Gasteiger partial charge in [-0.2, -0.15) is 0 Å². The van der Waals surface area contributed by atoms with Gasteiger partial charge in [-0.3, -0.25) is 0 Å². The molecule has 1 unspecified atom stereocenters. The van der Waals surface area contributed by atoms with Crippen molar-refractivity contribution in [3.05, 3.63) is 29.8 Å². The van der Waals surface area contributed by atoms with Crippen molar-refractivity contribution in [1.82, 2.24) is 10.2 Å². The first-order chi connectivity index (χ1) is 12.3. The number of hydrogen-bond donors (Lipinski definition) is 2. The van der Waals surface area contributed by atoms with Crippen molar-refractivity contribution in [1.29, 1.82) is 0 Å². The van der Waals surface area contributed by atoms with Crippen LogP contribution in [0.5, 0.6) is 0 Å². The van der Waals surface area contributed by atoms with Crippen LogP contribution in [0.4, 0.5) is 0 Å². The van der Waals surface area contributed by atoms with Gasteiger partial charge in [-0.25, -0.2) is 18.5 Å². The van der Waals surface area contributed by atoms with Crippen LogP contribution in [0.1, 0.15) is 52.0 Å². The first kappa shape index (κ1) is 24.2. The van der Waals surface area contributed by atoms with Crippen LogP contribution in [0.25, 0.3) is 0 Å². The number of sulfonamides is 1. The zero-order valence-electron chi connectivity index (χ0n) is 16.6. The molecule has 6 nitrogen and oxygen atoms in total. The monoisotopic (exact) mass is 508 g/mol. The van der Waals surface area contributed by atoms with E-state index in [4.69, 9.17) is 10.1 Å². The average Bonchev–Trinajstić information content (AvgIpc) is 2.58. The van der Waals surface area contributed by atoms with E-state index in [9.17, 15) is 8.42 Å². The number of piperidine rings is 1. The maximum absolute atomic E-state index is 11.5. The molecule has 154 valence electrons. The van der Waals surface area contributed by atoms with Gasteiger partial charge in [-0.1, -0.05) is 32.4 Å². The minimum Gasteiger partial charge on any atom is -0.357 e. The Morgan fingerprint density at radius 3 is 2.74 bits per heavy atom. The molecule has 0 aromatic heterocycles. The lowest BCUT2D eigenvalue weighted by Gasteiger charge is -2.42. The summed E-state index contributed by atoms with van der Waals surface area (Å²) in [7, 11) is -3.69. The van der Waals surface area contributed by atoms with Gasteiger partial charge in [0.2, 0.25) is 10.0 Å². The van der Waals surface area contributed by atoms with Crippen molar-refractivity contribution >= 4 is 40.0 Å². The maximum atomic E-state index is 11.5. The number of aliphatic imine (C=N–C) groups is 1. The highest BCUT2D eigenvalue weighted by molar-refractivity contribution is 14.0. The molecule has 1 aliphatic heterocycles. The predicted octanol–water partition coefficient (Wildman–Crippen LogP) is 3.32. The summed E-state index contributed by atoms with van der Waals surface area (Å²) in [4.78, 5) is 7.22. The highest BCUT2D eigenvalue weighted by Gasteiger charge is 2.31. The highest BCUT2D eigenvalue weighted by Crippen LogP contribution is 2.33. The molecule has 1 saturated heterocycles. The number of halogens is 1. The summed E-state index contributed by atoms with van der Waals surface area (Å²) in [6.07, 6.45) is 4.84.